The summed E-state index contributed by atoms with van der Waals surface area (Å²) >= 11 is 6.08. The summed E-state index contributed by atoms with van der Waals surface area (Å²) in [7, 11) is 0. The van der Waals surface area contributed by atoms with Gasteiger partial charge in [-0.2, -0.15) is 0 Å². The van der Waals surface area contributed by atoms with Crippen molar-refractivity contribution in [2.24, 2.45) is 0 Å². The number of fused-ring (bicyclic) bond motifs is 1. The molecule has 1 aliphatic heterocycles. The number of rotatable bonds is 2. The summed E-state index contributed by atoms with van der Waals surface area (Å²) in [4.78, 5) is 6.43. The highest BCUT2D eigenvalue weighted by Crippen LogP contribution is 2.32. The van der Waals surface area contributed by atoms with Crippen LogP contribution in [0.2, 0.25) is 5.02 Å². The molecule has 1 saturated heterocycles. The van der Waals surface area contributed by atoms with Crippen LogP contribution in [0.4, 0.5) is 5.69 Å². The van der Waals surface area contributed by atoms with Gasteiger partial charge in [0, 0.05) is 35.4 Å². The average Bonchev–Trinajstić information content (AvgIpc) is 2.46. The normalized spacial score (nSPS) is 23.2. The fourth-order valence-corrected chi connectivity index (χ4v) is 3.00. The zero-order valence-corrected chi connectivity index (χ0v) is 11.8. The van der Waals surface area contributed by atoms with Crippen LogP contribution in [0.1, 0.15) is 12.8 Å². The molecular weight excluding hydrogens is 276 g/mol. The molecule has 0 amide bonds. The highest BCUT2D eigenvalue weighted by atomic mass is 35.5. The van der Waals surface area contributed by atoms with Gasteiger partial charge in [0.1, 0.15) is 5.60 Å². The maximum absolute atomic E-state index is 10.3. The van der Waals surface area contributed by atoms with Gasteiger partial charge >= 0.3 is 0 Å². The molecule has 3 rings (SSSR count). The summed E-state index contributed by atoms with van der Waals surface area (Å²) in [5.41, 5.74) is 0.862. The quantitative estimate of drug-likeness (QED) is 0.891. The van der Waals surface area contributed by atoms with Crippen molar-refractivity contribution in [2.75, 3.05) is 24.6 Å². The number of pyridine rings is 1. The molecule has 5 heteroatoms. The van der Waals surface area contributed by atoms with Crippen molar-refractivity contribution in [3.63, 3.8) is 0 Å². The third-order valence-corrected chi connectivity index (χ3v) is 4.11. The molecule has 0 aliphatic carbocycles. The van der Waals surface area contributed by atoms with Gasteiger partial charge in [0.15, 0.2) is 0 Å². The molecule has 0 saturated carbocycles. The first kappa shape index (κ1) is 13.6. The summed E-state index contributed by atoms with van der Waals surface area (Å²) in [6.07, 6.45) is 3.24. The number of halogens is 1. The van der Waals surface area contributed by atoms with Gasteiger partial charge in [-0.3, -0.25) is 4.98 Å². The molecule has 0 unspecified atom stereocenters. The number of aliphatic hydroxyl groups is 2. The van der Waals surface area contributed by atoms with Gasteiger partial charge in [-0.15, -0.1) is 0 Å². The van der Waals surface area contributed by atoms with Gasteiger partial charge in [-0.25, -0.2) is 0 Å². The average molecular weight is 293 g/mol. The predicted molar refractivity (Wildman–Crippen MR) is 80.2 cm³/mol. The largest absolute Gasteiger partial charge is 0.393 e. The molecule has 2 N–H and O–H groups in total. The zero-order valence-electron chi connectivity index (χ0n) is 11.1. The number of benzene rings is 1. The zero-order chi connectivity index (χ0) is 14.2. The maximum atomic E-state index is 10.3. The minimum Gasteiger partial charge on any atom is -0.393 e. The molecule has 4 nitrogen and oxygen atoms in total. The molecule has 0 bridgehead atoms. The van der Waals surface area contributed by atoms with Crippen LogP contribution in [-0.4, -0.2) is 40.5 Å². The van der Waals surface area contributed by atoms with Crippen molar-refractivity contribution in [3.05, 3.63) is 35.5 Å². The van der Waals surface area contributed by atoms with Crippen molar-refractivity contribution < 1.29 is 10.2 Å². The standard InChI is InChI=1S/C15H17ClN2O2/c16-11-2-3-13-12(8-11)14(4-6-17-13)18-7-1-5-15(20,9-18)10-19/h2-4,6,8,19-20H,1,5,7,9-10H2/t15-/m1/s1. The first-order valence-corrected chi connectivity index (χ1v) is 7.12. The number of aliphatic hydroxyl groups excluding tert-OH is 1. The lowest BCUT2D eigenvalue weighted by atomic mass is 9.93. The molecule has 1 aromatic carbocycles. The highest BCUT2D eigenvalue weighted by Gasteiger charge is 2.33. The molecule has 106 valence electrons. The number of β-amino-alcohol motifs (C(OH)–C–C–N with tert-alkyl or cyclic N) is 1. The van der Waals surface area contributed by atoms with Crippen molar-refractivity contribution >= 4 is 28.2 Å². The van der Waals surface area contributed by atoms with Crippen molar-refractivity contribution in [1.82, 2.24) is 4.98 Å². The number of nitrogens with zero attached hydrogens (tertiary/aromatic N) is 2. The second-order valence-corrected chi connectivity index (χ2v) is 5.84. The molecule has 20 heavy (non-hydrogen) atoms. The lowest BCUT2D eigenvalue weighted by Crippen LogP contribution is -2.50. The van der Waals surface area contributed by atoms with Crippen LogP contribution in [0.3, 0.4) is 0 Å². The highest BCUT2D eigenvalue weighted by molar-refractivity contribution is 6.31. The minimum atomic E-state index is -1.02. The van der Waals surface area contributed by atoms with Crippen LogP contribution in [-0.2, 0) is 0 Å². The first-order chi connectivity index (χ1) is 9.61. The van der Waals surface area contributed by atoms with E-state index < -0.39 is 5.60 Å². The van der Waals surface area contributed by atoms with Crippen LogP contribution in [0, 0.1) is 0 Å². The molecule has 2 heterocycles. The topological polar surface area (TPSA) is 56.6 Å². The Morgan fingerprint density at radius 3 is 3.00 bits per heavy atom. The van der Waals surface area contributed by atoms with Crippen LogP contribution in [0.25, 0.3) is 10.9 Å². The van der Waals surface area contributed by atoms with Crippen LogP contribution < -0.4 is 4.90 Å². The molecule has 1 fully saturated rings. The Bertz CT molecular complexity index is 634. The number of hydrogen-bond donors (Lipinski definition) is 2. The first-order valence-electron chi connectivity index (χ1n) is 6.74. The maximum Gasteiger partial charge on any atom is 0.105 e. The van der Waals surface area contributed by atoms with E-state index in [0.717, 1.165) is 29.6 Å². The van der Waals surface area contributed by atoms with E-state index in [1.165, 1.54) is 0 Å². The molecule has 0 radical (unpaired) electrons. The molecule has 2 aromatic rings. The Kier molecular flexibility index (Phi) is 3.54. The van der Waals surface area contributed by atoms with Gasteiger partial charge in [0.2, 0.25) is 0 Å². The van der Waals surface area contributed by atoms with E-state index in [2.05, 4.69) is 9.88 Å². The summed E-state index contributed by atoms with van der Waals surface area (Å²) in [5, 5.41) is 21.3. The third kappa shape index (κ3) is 2.46. The van der Waals surface area contributed by atoms with E-state index >= 15 is 0 Å². The second kappa shape index (κ2) is 5.20. The lowest BCUT2D eigenvalue weighted by molar-refractivity contribution is -0.0240. The van der Waals surface area contributed by atoms with Gasteiger partial charge in [0.25, 0.3) is 0 Å². The molecular formula is C15H17ClN2O2. The summed E-state index contributed by atoms with van der Waals surface area (Å²) in [6.45, 7) is 1.07. The van der Waals surface area contributed by atoms with E-state index in [9.17, 15) is 10.2 Å². The fraction of sp³-hybridized carbons (Fsp3) is 0.400. The Morgan fingerprint density at radius 1 is 1.35 bits per heavy atom. The Labute approximate surface area is 122 Å². The SMILES string of the molecule is OC[C@@]1(O)CCCN(c2ccnc3ccc(Cl)cc23)C1. The lowest BCUT2D eigenvalue weighted by Gasteiger charge is -2.39. The van der Waals surface area contributed by atoms with E-state index in [0.29, 0.717) is 18.0 Å². The minimum absolute atomic E-state index is 0.215. The Balaban J connectivity index is 2.03. The molecule has 1 aliphatic rings. The Hall–Kier alpha value is -1.36. The number of aromatic nitrogens is 1. The summed E-state index contributed by atoms with van der Waals surface area (Å²) in [5.74, 6) is 0. The number of hydrogen-bond acceptors (Lipinski definition) is 4. The van der Waals surface area contributed by atoms with Crippen LogP contribution in [0.15, 0.2) is 30.5 Å². The van der Waals surface area contributed by atoms with Crippen LogP contribution >= 0.6 is 11.6 Å². The second-order valence-electron chi connectivity index (χ2n) is 5.40. The molecule has 1 aromatic heterocycles. The monoisotopic (exact) mass is 292 g/mol. The fourth-order valence-electron chi connectivity index (χ4n) is 2.83. The Morgan fingerprint density at radius 2 is 2.20 bits per heavy atom. The molecule has 0 spiro atoms. The van der Waals surface area contributed by atoms with Gasteiger partial charge in [-0.1, -0.05) is 11.6 Å². The smallest absolute Gasteiger partial charge is 0.105 e. The predicted octanol–water partition coefficient (Wildman–Crippen LogP) is 2.21. The van der Waals surface area contributed by atoms with Gasteiger partial charge in [0.05, 0.1) is 12.1 Å². The number of piperidine rings is 1. The van der Waals surface area contributed by atoms with Gasteiger partial charge < -0.3 is 15.1 Å². The van der Waals surface area contributed by atoms with Gasteiger partial charge in [-0.05, 0) is 37.1 Å². The van der Waals surface area contributed by atoms with Crippen LogP contribution in [0.5, 0.6) is 0 Å². The van der Waals surface area contributed by atoms with E-state index in [1.807, 2.05) is 24.3 Å². The van der Waals surface area contributed by atoms with Crippen molar-refractivity contribution in [3.8, 4) is 0 Å². The third-order valence-electron chi connectivity index (χ3n) is 3.87. The van der Waals surface area contributed by atoms with Crippen molar-refractivity contribution in [2.45, 2.75) is 18.4 Å². The summed E-state index contributed by atoms with van der Waals surface area (Å²) in [6, 6.07) is 7.54. The van der Waals surface area contributed by atoms with E-state index in [4.69, 9.17) is 11.6 Å². The summed E-state index contributed by atoms with van der Waals surface area (Å²) < 4.78 is 0. The molecule has 1 atom stereocenters. The van der Waals surface area contributed by atoms with Crippen molar-refractivity contribution in [1.29, 1.82) is 0 Å². The number of anilines is 1. The van der Waals surface area contributed by atoms with E-state index in [-0.39, 0.29) is 6.61 Å². The van der Waals surface area contributed by atoms with E-state index in [1.54, 1.807) is 6.20 Å².